The summed E-state index contributed by atoms with van der Waals surface area (Å²) >= 11 is 0.668. The van der Waals surface area contributed by atoms with Crippen LogP contribution in [0, 0.1) is 0 Å². The largest absolute Gasteiger partial charge is 0.434 e. The number of alkyl halides is 6. The first kappa shape index (κ1) is 21.1. The molecule has 0 spiro atoms. The Morgan fingerprint density at radius 1 is 1.10 bits per heavy atom. The number of hydrogen-bond donors (Lipinski definition) is 2. The van der Waals surface area contributed by atoms with Gasteiger partial charge in [0.1, 0.15) is 5.82 Å². The van der Waals surface area contributed by atoms with Crippen molar-refractivity contribution in [2.24, 2.45) is 0 Å². The Morgan fingerprint density at radius 3 is 2.31 bits per heavy atom. The van der Waals surface area contributed by atoms with Crippen LogP contribution in [-0.4, -0.2) is 35.1 Å². The molecule has 3 heterocycles. The second-order valence-electron chi connectivity index (χ2n) is 6.30. The van der Waals surface area contributed by atoms with Crippen molar-refractivity contribution in [1.82, 2.24) is 15.3 Å². The van der Waals surface area contributed by atoms with Crippen LogP contribution in [0.2, 0.25) is 0 Å². The summed E-state index contributed by atoms with van der Waals surface area (Å²) in [6, 6.07) is 1.36. The van der Waals surface area contributed by atoms with Crippen LogP contribution < -0.4 is 15.5 Å². The number of anilines is 2. The van der Waals surface area contributed by atoms with Crippen LogP contribution >= 0.6 is 11.3 Å². The van der Waals surface area contributed by atoms with Crippen molar-refractivity contribution in [3.63, 3.8) is 0 Å². The average Bonchev–Trinajstić information content (AvgIpc) is 3.10. The third-order valence-corrected chi connectivity index (χ3v) is 5.00. The van der Waals surface area contributed by atoms with Gasteiger partial charge in [-0.15, -0.1) is 11.3 Å². The maximum Gasteiger partial charge on any atom is 0.434 e. The summed E-state index contributed by atoms with van der Waals surface area (Å²) in [6.07, 6.45) is -7.25. The van der Waals surface area contributed by atoms with E-state index >= 15 is 0 Å². The highest BCUT2D eigenvalue weighted by Gasteiger charge is 2.34. The van der Waals surface area contributed by atoms with Crippen LogP contribution in [-0.2, 0) is 12.4 Å². The highest BCUT2D eigenvalue weighted by atomic mass is 32.1. The lowest BCUT2D eigenvalue weighted by molar-refractivity contribution is -0.140. The molecule has 0 aliphatic carbocycles. The van der Waals surface area contributed by atoms with Crippen LogP contribution in [0.4, 0.5) is 42.1 Å². The molecule has 0 saturated carbocycles. The smallest absolute Gasteiger partial charge is 0.356 e. The van der Waals surface area contributed by atoms with Gasteiger partial charge in [0.25, 0.3) is 0 Å². The van der Waals surface area contributed by atoms with Crippen LogP contribution in [0.1, 0.15) is 24.1 Å². The zero-order chi connectivity index (χ0) is 21.2. The third kappa shape index (κ3) is 5.49. The molecule has 29 heavy (non-hydrogen) atoms. The van der Waals surface area contributed by atoms with Gasteiger partial charge in [-0.2, -0.15) is 26.3 Å². The van der Waals surface area contributed by atoms with Gasteiger partial charge >= 0.3 is 18.4 Å². The fourth-order valence-corrected chi connectivity index (χ4v) is 3.49. The summed E-state index contributed by atoms with van der Waals surface area (Å²) in [5.41, 5.74) is -1.90. The molecule has 13 heteroatoms. The van der Waals surface area contributed by atoms with E-state index in [9.17, 15) is 31.1 Å². The zero-order valence-corrected chi connectivity index (χ0v) is 15.5. The molecule has 3 rings (SSSR count). The monoisotopic (exact) mass is 439 g/mol. The number of aromatic nitrogens is 2. The molecule has 2 amide bonds. The van der Waals surface area contributed by atoms with Gasteiger partial charge < -0.3 is 10.2 Å². The second kappa shape index (κ2) is 8.05. The van der Waals surface area contributed by atoms with Gasteiger partial charge in [0.15, 0.2) is 10.8 Å². The Bertz CT molecular complexity index is 843. The molecule has 1 aliphatic heterocycles. The van der Waals surface area contributed by atoms with Crippen molar-refractivity contribution >= 4 is 28.3 Å². The average molecular weight is 439 g/mol. The number of hydrogen-bond acceptors (Lipinski definition) is 5. The van der Waals surface area contributed by atoms with Crippen LogP contribution in [0.15, 0.2) is 23.7 Å². The maximum absolute atomic E-state index is 12.6. The topological polar surface area (TPSA) is 70.2 Å². The highest BCUT2D eigenvalue weighted by Crippen LogP contribution is 2.32. The highest BCUT2D eigenvalue weighted by molar-refractivity contribution is 7.13. The van der Waals surface area contributed by atoms with Gasteiger partial charge in [-0.05, 0) is 25.0 Å². The minimum absolute atomic E-state index is 0.166. The van der Waals surface area contributed by atoms with E-state index < -0.39 is 29.6 Å². The zero-order valence-electron chi connectivity index (χ0n) is 14.6. The number of pyridine rings is 1. The Morgan fingerprint density at radius 2 is 1.79 bits per heavy atom. The Balaban J connectivity index is 1.48. The molecule has 0 radical (unpaired) electrons. The van der Waals surface area contributed by atoms with Crippen molar-refractivity contribution in [3.8, 4) is 0 Å². The first-order chi connectivity index (χ1) is 13.5. The molecule has 0 unspecified atom stereocenters. The van der Waals surface area contributed by atoms with E-state index in [1.165, 1.54) is 6.07 Å². The molecule has 1 aliphatic rings. The van der Waals surface area contributed by atoms with E-state index in [-0.39, 0.29) is 11.2 Å². The summed E-state index contributed by atoms with van der Waals surface area (Å²) in [4.78, 5) is 20.9. The first-order valence-corrected chi connectivity index (χ1v) is 9.29. The summed E-state index contributed by atoms with van der Waals surface area (Å²) < 4.78 is 75.3. The number of amides is 2. The summed E-state index contributed by atoms with van der Waals surface area (Å²) in [5.74, 6) is 0.406. The van der Waals surface area contributed by atoms with Crippen LogP contribution in [0.3, 0.4) is 0 Å². The molecule has 2 aromatic rings. The normalized spacial score (nSPS) is 16.0. The number of carbonyl (C=O) groups is 1. The van der Waals surface area contributed by atoms with E-state index in [4.69, 9.17) is 0 Å². The van der Waals surface area contributed by atoms with E-state index in [0.717, 1.165) is 17.6 Å². The van der Waals surface area contributed by atoms with Crippen LogP contribution in [0.25, 0.3) is 0 Å². The Hall–Kier alpha value is -2.57. The number of thiazole rings is 1. The molecule has 6 nitrogen and oxygen atoms in total. The lowest BCUT2D eigenvalue weighted by Crippen LogP contribution is -2.46. The minimum Gasteiger partial charge on any atom is -0.356 e. The number of piperidine rings is 1. The van der Waals surface area contributed by atoms with Crippen molar-refractivity contribution < 1.29 is 31.1 Å². The first-order valence-electron chi connectivity index (χ1n) is 8.41. The van der Waals surface area contributed by atoms with Gasteiger partial charge in [0.05, 0.1) is 5.56 Å². The third-order valence-electron chi connectivity index (χ3n) is 4.24. The number of halogens is 6. The van der Waals surface area contributed by atoms with E-state index in [2.05, 4.69) is 20.6 Å². The maximum atomic E-state index is 12.6. The van der Waals surface area contributed by atoms with Crippen molar-refractivity contribution in [1.29, 1.82) is 0 Å². The van der Waals surface area contributed by atoms with Crippen molar-refractivity contribution in [3.05, 3.63) is 35.0 Å². The van der Waals surface area contributed by atoms with Gasteiger partial charge in [-0.25, -0.2) is 14.8 Å². The van der Waals surface area contributed by atoms with E-state index in [0.29, 0.717) is 43.1 Å². The predicted molar refractivity (Wildman–Crippen MR) is 93.7 cm³/mol. The number of carbonyl (C=O) groups excluding carboxylic acids is 1. The van der Waals surface area contributed by atoms with Crippen LogP contribution in [0.5, 0.6) is 0 Å². The number of urea groups is 1. The number of nitrogens with one attached hydrogen (secondary N) is 2. The standard InChI is InChI=1S/C16H15F6N5OS/c17-15(18,19)9-1-2-12(23-7-9)27-5-3-10(4-6-27)24-13(28)26-14-25-11(8-29-14)16(20,21)22/h1-2,7-8,10H,3-6H2,(H2,24,25,26,28). The Labute approximate surface area is 164 Å². The molecule has 1 fully saturated rings. The molecular weight excluding hydrogens is 424 g/mol. The molecule has 0 bridgehead atoms. The molecule has 1 saturated heterocycles. The van der Waals surface area contributed by atoms with Gasteiger partial charge in [-0.3, -0.25) is 5.32 Å². The molecule has 2 aromatic heterocycles. The fraction of sp³-hybridized carbons (Fsp3) is 0.438. The molecule has 0 aromatic carbocycles. The summed E-state index contributed by atoms with van der Waals surface area (Å²) in [5, 5.41) is 5.57. The molecule has 2 N–H and O–H groups in total. The number of nitrogens with zero attached hydrogens (tertiary/aromatic N) is 3. The molecule has 158 valence electrons. The van der Waals surface area contributed by atoms with Gasteiger partial charge in [0.2, 0.25) is 0 Å². The van der Waals surface area contributed by atoms with Crippen molar-refractivity contribution in [2.75, 3.05) is 23.3 Å². The van der Waals surface area contributed by atoms with E-state index in [1.807, 2.05) is 0 Å². The van der Waals surface area contributed by atoms with E-state index in [1.54, 1.807) is 4.90 Å². The fourth-order valence-electron chi connectivity index (χ4n) is 2.77. The Kier molecular flexibility index (Phi) is 5.87. The molecule has 0 atom stereocenters. The number of rotatable bonds is 3. The van der Waals surface area contributed by atoms with Gasteiger partial charge in [-0.1, -0.05) is 0 Å². The summed E-state index contributed by atoms with van der Waals surface area (Å²) in [6.45, 7) is 0.914. The second-order valence-corrected chi connectivity index (χ2v) is 7.16. The lowest BCUT2D eigenvalue weighted by atomic mass is 10.1. The lowest BCUT2D eigenvalue weighted by Gasteiger charge is -2.33. The van der Waals surface area contributed by atoms with Gasteiger partial charge in [0, 0.05) is 30.7 Å². The summed E-state index contributed by atoms with van der Waals surface area (Å²) in [7, 11) is 0. The SMILES string of the molecule is O=C(Nc1nc(C(F)(F)F)cs1)NC1CCN(c2ccc(C(F)(F)F)cn2)CC1. The molecular formula is C16H15F6N5OS. The minimum atomic E-state index is -4.58. The van der Waals surface area contributed by atoms with Crippen molar-refractivity contribution in [2.45, 2.75) is 31.2 Å². The quantitative estimate of drug-likeness (QED) is 0.697. The predicted octanol–water partition coefficient (Wildman–Crippen LogP) is 4.37.